The summed E-state index contributed by atoms with van der Waals surface area (Å²) in [4.78, 5) is 13.5. The van der Waals surface area contributed by atoms with Gasteiger partial charge in [0.2, 0.25) is 5.91 Å². The van der Waals surface area contributed by atoms with Gasteiger partial charge >= 0.3 is 0 Å². The highest BCUT2D eigenvalue weighted by molar-refractivity contribution is 7.80. The highest BCUT2D eigenvalue weighted by Crippen LogP contribution is 2.21. The van der Waals surface area contributed by atoms with Crippen molar-refractivity contribution in [2.75, 3.05) is 18.8 Å². The summed E-state index contributed by atoms with van der Waals surface area (Å²) < 4.78 is 0. The molecule has 1 aliphatic rings. The molecule has 1 saturated heterocycles. The zero-order valence-corrected chi connectivity index (χ0v) is 9.39. The fraction of sp³-hybridized carbons (Fsp3) is 0.900. The standard InChI is InChI=1S/C10H19NOS/c1-3-9-4-10(12)11(6-9)5-8(2)7-13/h8-9,13H,3-7H2,1-2H3. The van der Waals surface area contributed by atoms with Crippen LogP contribution in [0.5, 0.6) is 0 Å². The molecular formula is C10H19NOS. The van der Waals surface area contributed by atoms with Crippen molar-refractivity contribution in [2.24, 2.45) is 11.8 Å². The van der Waals surface area contributed by atoms with Gasteiger partial charge in [-0.2, -0.15) is 12.6 Å². The van der Waals surface area contributed by atoms with Gasteiger partial charge in [0, 0.05) is 19.5 Å². The number of likely N-dealkylation sites (tertiary alicyclic amines) is 1. The summed E-state index contributed by atoms with van der Waals surface area (Å²) >= 11 is 4.23. The van der Waals surface area contributed by atoms with Crippen molar-refractivity contribution in [1.82, 2.24) is 4.90 Å². The van der Waals surface area contributed by atoms with Gasteiger partial charge in [-0.1, -0.05) is 20.3 Å². The highest BCUT2D eigenvalue weighted by Gasteiger charge is 2.28. The summed E-state index contributed by atoms with van der Waals surface area (Å²) in [6, 6.07) is 0. The molecule has 1 heterocycles. The topological polar surface area (TPSA) is 20.3 Å². The van der Waals surface area contributed by atoms with E-state index in [-0.39, 0.29) is 0 Å². The summed E-state index contributed by atoms with van der Waals surface area (Å²) in [7, 11) is 0. The van der Waals surface area contributed by atoms with E-state index in [1.807, 2.05) is 4.90 Å². The minimum absolute atomic E-state index is 0.334. The van der Waals surface area contributed by atoms with E-state index in [4.69, 9.17) is 0 Å². The van der Waals surface area contributed by atoms with Crippen LogP contribution >= 0.6 is 12.6 Å². The Morgan fingerprint density at radius 1 is 1.69 bits per heavy atom. The lowest BCUT2D eigenvalue weighted by Gasteiger charge is -2.19. The molecule has 0 radical (unpaired) electrons. The average Bonchev–Trinajstić information content (AvgIpc) is 2.47. The monoisotopic (exact) mass is 201 g/mol. The SMILES string of the molecule is CCC1CC(=O)N(CC(C)CS)C1. The van der Waals surface area contributed by atoms with Crippen molar-refractivity contribution >= 4 is 18.5 Å². The Morgan fingerprint density at radius 3 is 2.85 bits per heavy atom. The maximum absolute atomic E-state index is 11.5. The summed E-state index contributed by atoms with van der Waals surface area (Å²) in [5.41, 5.74) is 0. The molecule has 0 spiro atoms. The molecule has 0 saturated carbocycles. The summed E-state index contributed by atoms with van der Waals surface area (Å²) in [6.45, 7) is 6.15. The number of hydrogen-bond acceptors (Lipinski definition) is 2. The first-order valence-corrected chi connectivity index (χ1v) is 5.69. The van der Waals surface area contributed by atoms with Crippen LogP contribution in [0, 0.1) is 11.8 Å². The number of amides is 1. The summed E-state index contributed by atoms with van der Waals surface area (Å²) in [5.74, 6) is 2.31. The van der Waals surface area contributed by atoms with E-state index in [0.717, 1.165) is 31.7 Å². The fourth-order valence-electron chi connectivity index (χ4n) is 1.74. The van der Waals surface area contributed by atoms with Crippen LogP contribution in [-0.4, -0.2) is 29.6 Å². The maximum atomic E-state index is 11.5. The minimum Gasteiger partial charge on any atom is -0.342 e. The number of carbonyl (C=O) groups excluding carboxylic acids is 1. The second-order valence-corrected chi connectivity index (χ2v) is 4.43. The zero-order chi connectivity index (χ0) is 9.84. The van der Waals surface area contributed by atoms with Crippen molar-refractivity contribution in [3.05, 3.63) is 0 Å². The van der Waals surface area contributed by atoms with Gasteiger partial charge in [0.25, 0.3) is 0 Å². The van der Waals surface area contributed by atoms with E-state index in [1.54, 1.807) is 0 Å². The lowest BCUT2D eigenvalue weighted by atomic mass is 10.1. The molecule has 13 heavy (non-hydrogen) atoms. The van der Waals surface area contributed by atoms with Crippen LogP contribution in [0.2, 0.25) is 0 Å². The van der Waals surface area contributed by atoms with Crippen LogP contribution < -0.4 is 0 Å². The number of hydrogen-bond donors (Lipinski definition) is 1. The van der Waals surface area contributed by atoms with Crippen molar-refractivity contribution < 1.29 is 4.79 Å². The van der Waals surface area contributed by atoms with Gasteiger partial charge in [-0.15, -0.1) is 0 Å². The Hall–Kier alpha value is -0.180. The molecule has 1 amide bonds. The molecule has 0 aromatic carbocycles. The lowest BCUT2D eigenvalue weighted by molar-refractivity contribution is -0.128. The van der Waals surface area contributed by atoms with Crippen LogP contribution in [-0.2, 0) is 4.79 Å². The molecule has 0 aromatic heterocycles. The van der Waals surface area contributed by atoms with E-state index < -0.39 is 0 Å². The minimum atomic E-state index is 0.334. The quantitative estimate of drug-likeness (QED) is 0.688. The van der Waals surface area contributed by atoms with Crippen LogP contribution in [0.1, 0.15) is 26.7 Å². The lowest BCUT2D eigenvalue weighted by Crippen LogP contribution is -2.30. The molecule has 0 aromatic rings. The van der Waals surface area contributed by atoms with E-state index in [2.05, 4.69) is 26.5 Å². The molecule has 76 valence electrons. The third-order valence-electron chi connectivity index (χ3n) is 2.72. The van der Waals surface area contributed by atoms with Crippen molar-refractivity contribution in [3.63, 3.8) is 0 Å². The Morgan fingerprint density at radius 2 is 2.38 bits per heavy atom. The third kappa shape index (κ3) is 2.90. The average molecular weight is 201 g/mol. The largest absolute Gasteiger partial charge is 0.342 e. The Labute approximate surface area is 86.1 Å². The van der Waals surface area contributed by atoms with E-state index in [1.165, 1.54) is 0 Å². The highest BCUT2D eigenvalue weighted by atomic mass is 32.1. The number of carbonyl (C=O) groups is 1. The first-order chi connectivity index (χ1) is 6.17. The molecule has 0 N–H and O–H groups in total. The molecular weight excluding hydrogens is 182 g/mol. The van der Waals surface area contributed by atoms with Crippen LogP contribution in [0.3, 0.4) is 0 Å². The first-order valence-electron chi connectivity index (χ1n) is 5.06. The molecule has 2 atom stereocenters. The number of nitrogens with zero attached hydrogens (tertiary/aromatic N) is 1. The van der Waals surface area contributed by atoms with Gasteiger partial charge in [0.05, 0.1) is 0 Å². The normalized spacial score (nSPS) is 25.3. The molecule has 0 aliphatic carbocycles. The fourth-order valence-corrected chi connectivity index (χ4v) is 1.85. The summed E-state index contributed by atoms with van der Waals surface area (Å²) in [6.07, 6.45) is 1.88. The smallest absolute Gasteiger partial charge is 0.222 e. The van der Waals surface area contributed by atoms with Gasteiger partial charge < -0.3 is 4.90 Å². The van der Waals surface area contributed by atoms with Crippen molar-refractivity contribution in [1.29, 1.82) is 0 Å². The van der Waals surface area contributed by atoms with E-state index in [9.17, 15) is 4.79 Å². The van der Waals surface area contributed by atoms with E-state index in [0.29, 0.717) is 17.7 Å². The Kier molecular flexibility index (Phi) is 4.10. The van der Waals surface area contributed by atoms with Crippen LogP contribution in [0.15, 0.2) is 0 Å². The first kappa shape index (κ1) is 10.9. The van der Waals surface area contributed by atoms with Gasteiger partial charge in [-0.25, -0.2) is 0 Å². The van der Waals surface area contributed by atoms with Gasteiger partial charge in [-0.05, 0) is 17.6 Å². The second kappa shape index (κ2) is 4.89. The second-order valence-electron chi connectivity index (χ2n) is 4.06. The molecule has 2 unspecified atom stereocenters. The predicted molar refractivity (Wildman–Crippen MR) is 58.0 cm³/mol. The number of thiol groups is 1. The van der Waals surface area contributed by atoms with Gasteiger partial charge in [0.1, 0.15) is 0 Å². The van der Waals surface area contributed by atoms with Gasteiger partial charge in [0.15, 0.2) is 0 Å². The van der Waals surface area contributed by atoms with Crippen LogP contribution in [0.4, 0.5) is 0 Å². The van der Waals surface area contributed by atoms with Crippen molar-refractivity contribution in [2.45, 2.75) is 26.7 Å². The zero-order valence-electron chi connectivity index (χ0n) is 8.49. The van der Waals surface area contributed by atoms with E-state index >= 15 is 0 Å². The molecule has 0 bridgehead atoms. The molecule has 2 nitrogen and oxygen atoms in total. The van der Waals surface area contributed by atoms with Crippen molar-refractivity contribution in [3.8, 4) is 0 Å². The number of rotatable bonds is 4. The molecule has 1 fully saturated rings. The molecule has 3 heteroatoms. The molecule has 1 rings (SSSR count). The molecule has 1 aliphatic heterocycles. The Balaban J connectivity index is 2.39. The maximum Gasteiger partial charge on any atom is 0.222 e. The predicted octanol–water partition coefficient (Wildman–Crippen LogP) is 1.81. The third-order valence-corrected chi connectivity index (χ3v) is 3.34. The van der Waals surface area contributed by atoms with Gasteiger partial charge in [-0.3, -0.25) is 4.79 Å². The Bertz CT molecular complexity index is 184. The summed E-state index contributed by atoms with van der Waals surface area (Å²) in [5, 5.41) is 0. The van der Waals surface area contributed by atoms with Crippen LogP contribution in [0.25, 0.3) is 0 Å².